The van der Waals surface area contributed by atoms with Crippen LogP contribution in [0.1, 0.15) is 11.5 Å². The van der Waals surface area contributed by atoms with Gasteiger partial charge in [0.2, 0.25) is 0 Å². The van der Waals surface area contributed by atoms with Crippen LogP contribution in [0.15, 0.2) is 36.4 Å². The lowest BCUT2D eigenvalue weighted by Crippen LogP contribution is -2.06. The molecular weight excluding hydrogens is 274 g/mol. The number of nitrogens with zero attached hydrogens (tertiary/aromatic N) is 4. The Labute approximate surface area is 120 Å². The van der Waals surface area contributed by atoms with Crippen LogP contribution in [0.3, 0.4) is 0 Å². The summed E-state index contributed by atoms with van der Waals surface area (Å²) < 4.78 is 29.4. The van der Waals surface area contributed by atoms with Crippen molar-refractivity contribution in [2.24, 2.45) is 0 Å². The molecule has 4 nitrogen and oxygen atoms in total. The predicted octanol–water partition coefficient (Wildman–Crippen LogP) is 3.22. The Kier molecular flexibility index (Phi) is 3.21. The molecule has 2 aromatic heterocycles. The number of pyridine rings is 1. The van der Waals surface area contributed by atoms with Crippen molar-refractivity contribution >= 4 is 0 Å². The zero-order valence-electron chi connectivity index (χ0n) is 11.5. The van der Waals surface area contributed by atoms with Crippen LogP contribution in [-0.4, -0.2) is 19.7 Å². The summed E-state index contributed by atoms with van der Waals surface area (Å²) in [5, 5.41) is 7.92. The molecule has 0 N–H and O–H groups in total. The first-order chi connectivity index (χ1) is 10.1. The van der Waals surface area contributed by atoms with E-state index in [2.05, 4.69) is 15.2 Å². The number of aromatic nitrogens is 4. The molecule has 21 heavy (non-hydrogen) atoms. The van der Waals surface area contributed by atoms with Crippen molar-refractivity contribution in [1.82, 2.24) is 19.7 Å². The Morgan fingerprint density at radius 1 is 0.905 bits per heavy atom. The van der Waals surface area contributed by atoms with Gasteiger partial charge in [-0.05, 0) is 38.1 Å². The fraction of sp³-hybridized carbons (Fsp3) is 0.133. The fourth-order valence-electron chi connectivity index (χ4n) is 2.17. The quantitative estimate of drug-likeness (QED) is 0.726. The molecule has 0 bridgehead atoms. The Morgan fingerprint density at radius 2 is 1.57 bits per heavy atom. The Bertz CT molecular complexity index is 791. The van der Waals surface area contributed by atoms with Gasteiger partial charge in [-0.25, -0.2) is 13.8 Å². The van der Waals surface area contributed by atoms with E-state index in [9.17, 15) is 8.78 Å². The Hall–Kier alpha value is -2.63. The molecule has 0 saturated heterocycles. The molecule has 0 atom stereocenters. The van der Waals surface area contributed by atoms with Crippen molar-refractivity contribution in [3.05, 3.63) is 59.6 Å². The van der Waals surface area contributed by atoms with Gasteiger partial charge in [-0.2, -0.15) is 0 Å². The molecule has 0 radical (unpaired) electrons. The normalized spacial score (nSPS) is 10.9. The van der Waals surface area contributed by atoms with E-state index in [0.29, 0.717) is 17.3 Å². The largest absolute Gasteiger partial charge is 0.272 e. The summed E-state index contributed by atoms with van der Waals surface area (Å²) in [7, 11) is 0. The highest BCUT2D eigenvalue weighted by Crippen LogP contribution is 2.25. The molecule has 0 fully saturated rings. The summed E-state index contributed by atoms with van der Waals surface area (Å²) in [6.07, 6.45) is 0. The van der Waals surface area contributed by atoms with Crippen molar-refractivity contribution in [3.8, 4) is 17.2 Å². The molecule has 3 rings (SSSR count). The fourth-order valence-corrected chi connectivity index (χ4v) is 2.17. The van der Waals surface area contributed by atoms with Gasteiger partial charge in [0.1, 0.15) is 28.8 Å². The topological polar surface area (TPSA) is 43.6 Å². The van der Waals surface area contributed by atoms with E-state index in [-0.39, 0.29) is 5.69 Å². The lowest BCUT2D eigenvalue weighted by molar-refractivity contribution is 0.567. The molecule has 2 heterocycles. The number of rotatable bonds is 2. The average Bonchev–Trinajstić information content (AvgIpc) is 2.81. The summed E-state index contributed by atoms with van der Waals surface area (Å²) in [6, 6.07) is 9.09. The van der Waals surface area contributed by atoms with Crippen LogP contribution < -0.4 is 0 Å². The van der Waals surface area contributed by atoms with Crippen LogP contribution >= 0.6 is 0 Å². The number of hydrogen-bond donors (Lipinski definition) is 0. The smallest absolute Gasteiger partial charge is 0.187 e. The summed E-state index contributed by atoms with van der Waals surface area (Å²) in [4.78, 5) is 4.33. The van der Waals surface area contributed by atoms with Crippen LogP contribution in [-0.2, 0) is 0 Å². The number of para-hydroxylation sites is 1. The second-order valence-electron chi connectivity index (χ2n) is 4.64. The number of hydrogen-bond acceptors (Lipinski definition) is 3. The summed E-state index contributed by atoms with van der Waals surface area (Å²) in [6.45, 7) is 3.47. The predicted molar refractivity (Wildman–Crippen MR) is 74.0 cm³/mol. The lowest BCUT2D eigenvalue weighted by atomic mass is 10.2. The molecule has 0 aliphatic rings. The van der Waals surface area contributed by atoms with Crippen molar-refractivity contribution in [2.45, 2.75) is 13.8 Å². The van der Waals surface area contributed by atoms with Gasteiger partial charge in [0.05, 0.1) is 0 Å². The molecule has 0 aliphatic heterocycles. The third-order valence-electron chi connectivity index (χ3n) is 3.10. The van der Waals surface area contributed by atoms with Crippen LogP contribution in [0.5, 0.6) is 0 Å². The molecule has 106 valence electrons. The van der Waals surface area contributed by atoms with Gasteiger partial charge in [0, 0.05) is 5.69 Å². The van der Waals surface area contributed by atoms with Crippen LogP contribution in [0, 0.1) is 25.5 Å². The average molecular weight is 286 g/mol. The minimum absolute atomic E-state index is 0.196. The van der Waals surface area contributed by atoms with Gasteiger partial charge < -0.3 is 0 Å². The van der Waals surface area contributed by atoms with Crippen molar-refractivity contribution < 1.29 is 8.78 Å². The van der Waals surface area contributed by atoms with E-state index in [0.717, 1.165) is 5.69 Å². The summed E-state index contributed by atoms with van der Waals surface area (Å²) >= 11 is 0. The van der Waals surface area contributed by atoms with Gasteiger partial charge in [0.25, 0.3) is 0 Å². The number of aryl methyl sites for hydroxylation is 2. The molecule has 0 aliphatic carbocycles. The molecule has 1 aromatic carbocycles. The Morgan fingerprint density at radius 3 is 2.24 bits per heavy atom. The third kappa shape index (κ3) is 2.29. The SMILES string of the molecule is Cc1cccc(-c2nnc(C)n2-c2c(F)cccc2F)n1. The third-order valence-corrected chi connectivity index (χ3v) is 3.10. The van der Waals surface area contributed by atoms with Crippen LogP contribution in [0.25, 0.3) is 17.2 Å². The van der Waals surface area contributed by atoms with Crippen LogP contribution in [0.2, 0.25) is 0 Å². The second-order valence-corrected chi connectivity index (χ2v) is 4.64. The summed E-state index contributed by atoms with van der Waals surface area (Å²) in [5.41, 5.74) is 1.10. The van der Waals surface area contributed by atoms with E-state index in [1.165, 1.54) is 22.8 Å². The van der Waals surface area contributed by atoms with Gasteiger partial charge in [0.15, 0.2) is 5.82 Å². The zero-order chi connectivity index (χ0) is 15.0. The minimum atomic E-state index is -0.674. The first-order valence-corrected chi connectivity index (χ1v) is 6.38. The standard InChI is InChI=1S/C15H12F2N4/c1-9-5-3-8-13(18-9)15-20-19-10(2)21(15)14-11(16)6-4-7-12(14)17/h3-8H,1-2H3. The van der Waals surface area contributed by atoms with Gasteiger partial charge >= 0.3 is 0 Å². The number of benzene rings is 1. The molecule has 3 aromatic rings. The zero-order valence-corrected chi connectivity index (χ0v) is 11.5. The van der Waals surface area contributed by atoms with E-state index in [1.807, 2.05) is 19.1 Å². The van der Waals surface area contributed by atoms with E-state index < -0.39 is 11.6 Å². The highest BCUT2D eigenvalue weighted by molar-refractivity contribution is 5.55. The summed E-state index contributed by atoms with van der Waals surface area (Å²) in [5.74, 6) is -0.656. The van der Waals surface area contributed by atoms with Crippen molar-refractivity contribution in [2.75, 3.05) is 0 Å². The minimum Gasteiger partial charge on any atom is -0.272 e. The van der Waals surface area contributed by atoms with Crippen molar-refractivity contribution in [1.29, 1.82) is 0 Å². The highest BCUT2D eigenvalue weighted by Gasteiger charge is 2.19. The maximum atomic E-state index is 14.0. The second kappa shape index (κ2) is 5.05. The first-order valence-electron chi connectivity index (χ1n) is 6.38. The molecule has 0 amide bonds. The van der Waals surface area contributed by atoms with Crippen LogP contribution in [0.4, 0.5) is 8.78 Å². The molecule has 0 spiro atoms. The monoisotopic (exact) mass is 286 g/mol. The van der Waals surface area contributed by atoms with Crippen molar-refractivity contribution in [3.63, 3.8) is 0 Å². The maximum Gasteiger partial charge on any atom is 0.187 e. The van der Waals surface area contributed by atoms with E-state index in [4.69, 9.17) is 0 Å². The van der Waals surface area contributed by atoms with Gasteiger partial charge in [-0.15, -0.1) is 10.2 Å². The molecular formula is C15H12F2N4. The first kappa shape index (κ1) is 13.4. The Balaban J connectivity index is 2.28. The molecule has 6 heteroatoms. The molecule has 0 unspecified atom stereocenters. The van der Waals surface area contributed by atoms with Gasteiger partial charge in [-0.1, -0.05) is 12.1 Å². The molecule has 0 saturated carbocycles. The lowest BCUT2D eigenvalue weighted by Gasteiger charge is -2.10. The van der Waals surface area contributed by atoms with Gasteiger partial charge in [-0.3, -0.25) is 4.57 Å². The van der Waals surface area contributed by atoms with E-state index >= 15 is 0 Å². The van der Waals surface area contributed by atoms with E-state index in [1.54, 1.807) is 13.0 Å². The number of halogens is 2. The highest BCUT2D eigenvalue weighted by atomic mass is 19.1. The maximum absolute atomic E-state index is 14.0.